The van der Waals surface area contributed by atoms with Crippen LogP contribution in [0.4, 0.5) is 0 Å². The van der Waals surface area contributed by atoms with Crippen LogP contribution in [0.3, 0.4) is 0 Å². The van der Waals surface area contributed by atoms with Gasteiger partial charge in [0.05, 0.1) is 11.6 Å². The average Bonchev–Trinajstić information content (AvgIpc) is 3.11. The second kappa shape index (κ2) is 11.7. The molecule has 0 aliphatic carbocycles. The van der Waals surface area contributed by atoms with E-state index < -0.39 is 40.7 Å². The summed E-state index contributed by atoms with van der Waals surface area (Å²) in [6, 6.07) is -0.926. The first-order chi connectivity index (χ1) is 13.2. The summed E-state index contributed by atoms with van der Waals surface area (Å²) in [7, 11) is 0. The van der Waals surface area contributed by atoms with Gasteiger partial charge in [-0.1, -0.05) is 11.8 Å². The smallest absolute Gasteiger partial charge is 0.322 e. The average molecular weight is 413 g/mol. The molecule has 0 aromatic carbocycles. The molecule has 1 aromatic heterocycles. The SMILES string of the molecule is CC(=O)NCCC(=O)NC(Cc1cnc[nH]1)C(=O)SC(C)C(=O)NCC(=O)O. The number of rotatable bonds is 11. The summed E-state index contributed by atoms with van der Waals surface area (Å²) in [5, 5.41) is 14.6. The van der Waals surface area contributed by atoms with E-state index in [1.807, 2.05) is 0 Å². The van der Waals surface area contributed by atoms with E-state index in [1.54, 1.807) is 0 Å². The fourth-order valence-corrected chi connectivity index (χ4v) is 2.89. The number of carboxylic acid groups (broad SMARTS) is 1. The van der Waals surface area contributed by atoms with E-state index in [0.717, 1.165) is 0 Å². The molecule has 0 bridgehead atoms. The molecule has 0 radical (unpaired) electrons. The number of hydrogen-bond acceptors (Lipinski definition) is 7. The molecule has 0 saturated carbocycles. The Bertz CT molecular complexity index is 708. The predicted molar refractivity (Wildman–Crippen MR) is 100 cm³/mol. The van der Waals surface area contributed by atoms with Crippen molar-refractivity contribution in [2.45, 2.75) is 38.0 Å². The van der Waals surface area contributed by atoms with Crippen LogP contribution in [-0.2, 0) is 30.4 Å². The van der Waals surface area contributed by atoms with Gasteiger partial charge < -0.3 is 26.0 Å². The number of nitrogens with one attached hydrogen (secondary N) is 4. The third-order valence-corrected chi connectivity index (χ3v) is 4.49. The zero-order valence-corrected chi connectivity index (χ0v) is 16.3. The summed E-state index contributed by atoms with van der Waals surface area (Å²) in [5.41, 5.74) is 0.615. The lowest BCUT2D eigenvalue weighted by atomic mass is 10.2. The molecule has 28 heavy (non-hydrogen) atoms. The van der Waals surface area contributed by atoms with E-state index in [0.29, 0.717) is 17.5 Å². The second-order valence-electron chi connectivity index (χ2n) is 5.82. The van der Waals surface area contributed by atoms with Crippen LogP contribution in [0.5, 0.6) is 0 Å². The van der Waals surface area contributed by atoms with Crippen LogP contribution in [0, 0.1) is 0 Å². The number of carbonyl (C=O) groups excluding carboxylic acids is 4. The summed E-state index contributed by atoms with van der Waals surface area (Å²) in [6.07, 6.45) is 3.08. The third kappa shape index (κ3) is 9.16. The van der Waals surface area contributed by atoms with E-state index >= 15 is 0 Å². The first-order valence-electron chi connectivity index (χ1n) is 8.40. The van der Waals surface area contributed by atoms with Crippen molar-refractivity contribution in [3.05, 3.63) is 18.2 Å². The van der Waals surface area contributed by atoms with Crippen LogP contribution in [0.15, 0.2) is 12.5 Å². The molecule has 11 nitrogen and oxygen atoms in total. The Morgan fingerprint density at radius 1 is 1.25 bits per heavy atom. The van der Waals surface area contributed by atoms with Crippen molar-refractivity contribution in [3.8, 4) is 0 Å². The van der Waals surface area contributed by atoms with E-state index in [-0.39, 0.29) is 25.3 Å². The Morgan fingerprint density at radius 3 is 2.54 bits per heavy atom. The minimum absolute atomic E-state index is 0.00828. The van der Waals surface area contributed by atoms with Crippen LogP contribution in [0.25, 0.3) is 0 Å². The summed E-state index contributed by atoms with van der Waals surface area (Å²) < 4.78 is 0. The molecule has 1 heterocycles. The van der Waals surface area contributed by atoms with Crippen molar-refractivity contribution in [2.24, 2.45) is 0 Å². The maximum Gasteiger partial charge on any atom is 0.322 e. The summed E-state index contributed by atoms with van der Waals surface area (Å²) in [5.74, 6) is -2.50. The molecule has 0 saturated heterocycles. The van der Waals surface area contributed by atoms with Gasteiger partial charge in [-0.2, -0.15) is 0 Å². The number of hydrogen-bond donors (Lipinski definition) is 5. The van der Waals surface area contributed by atoms with E-state index in [9.17, 15) is 24.0 Å². The van der Waals surface area contributed by atoms with Gasteiger partial charge in [0.25, 0.3) is 0 Å². The van der Waals surface area contributed by atoms with Gasteiger partial charge in [0.1, 0.15) is 12.6 Å². The van der Waals surface area contributed by atoms with Crippen molar-refractivity contribution in [1.29, 1.82) is 0 Å². The van der Waals surface area contributed by atoms with Crippen LogP contribution in [-0.4, -0.2) is 68.3 Å². The number of imidazole rings is 1. The minimum atomic E-state index is -1.19. The molecule has 2 atom stereocenters. The second-order valence-corrected chi connectivity index (χ2v) is 7.17. The molecule has 0 spiro atoms. The number of H-pyrrole nitrogens is 1. The number of aliphatic carboxylic acids is 1. The van der Waals surface area contributed by atoms with Gasteiger partial charge in [0, 0.05) is 38.2 Å². The minimum Gasteiger partial charge on any atom is -0.480 e. The predicted octanol–water partition coefficient (Wildman–Crippen LogP) is -1.19. The highest BCUT2D eigenvalue weighted by molar-refractivity contribution is 8.14. The fraction of sp³-hybridized carbons (Fsp3) is 0.500. The number of carboxylic acids is 1. The number of aromatic amines is 1. The maximum atomic E-state index is 12.6. The number of nitrogens with zero attached hydrogens (tertiary/aromatic N) is 1. The molecule has 154 valence electrons. The molecule has 2 unspecified atom stereocenters. The van der Waals surface area contributed by atoms with Gasteiger partial charge in [-0.05, 0) is 6.92 Å². The number of aromatic nitrogens is 2. The van der Waals surface area contributed by atoms with E-state index in [4.69, 9.17) is 5.11 Å². The maximum absolute atomic E-state index is 12.6. The molecule has 0 fully saturated rings. The van der Waals surface area contributed by atoms with Gasteiger partial charge in [0.15, 0.2) is 0 Å². The quantitative estimate of drug-likeness (QED) is 0.301. The number of carbonyl (C=O) groups is 5. The van der Waals surface area contributed by atoms with Crippen molar-refractivity contribution in [2.75, 3.05) is 13.1 Å². The molecular formula is C16H23N5O6S. The van der Waals surface area contributed by atoms with Crippen molar-refractivity contribution < 1.29 is 29.1 Å². The summed E-state index contributed by atoms with van der Waals surface area (Å²) in [4.78, 5) is 64.6. The first-order valence-corrected chi connectivity index (χ1v) is 9.28. The molecular weight excluding hydrogens is 390 g/mol. The Balaban J connectivity index is 2.68. The van der Waals surface area contributed by atoms with Gasteiger partial charge in [0.2, 0.25) is 22.8 Å². The summed E-state index contributed by atoms with van der Waals surface area (Å²) in [6.45, 7) is 2.38. The van der Waals surface area contributed by atoms with Gasteiger partial charge in [-0.25, -0.2) is 4.98 Å². The van der Waals surface area contributed by atoms with Crippen LogP contribution in [0.2, 0.25) is 0 Å². The Hall–Kier alpha value is -2.89. The van der Waals surface area contributed by atoms with E-state index in [2.05, 4.69) is 25.9 Å². The fourth-order valence-electron chi connectivity index (χ4n) is 2.04. The highest BCUT2D eigenvalue weighted by Crippen LogP contribution is 2.16. The lowest BCUT2D eigenvalue weighted by Gasteiger charge is -2.18. The molecule has 0 aliphatic heterocycles. The van der Waals surface area contributed by atoms with Gasteiger partial charge in [-0.15, -0.1) is 0 Å². The monoisotopic (exact) mass is 413 g/mol. The van der Waals surface area contributed by atoms with Gasteiger partial charge in [-0.3, -0.25) is 24.0 Å². The van der Waals surface area contributed by atoms with Crippen molar-refractivity contribution >= 4 is 40.6 Å². The molecule has 3 amide bonds. The normalized spacial score (nSPS) is 12.5. The topological polar surface area (TPSA) is 170 Å². The summed E-state index contributed by atoms with van der Waals surface area (Å²) >= 11 is 0.697. The van der Waals surface area contributed by atoms with Gasteiger partial charge >= 0.3 is 5.97 Å². The Kier molecular flexibility index (Phi) is 9.71. The lowest BCUT2D eigenvalue weighted by Crippen LogP contribution is -2.44. The third-order valence-electron chi connectivity index (χ3n) is 3.40. The van der Waals surface area contributed by atoms with Crippen molar-refractivity contribution in [1.82, 2.24) is 25.9 Å². The van der Waals surface area contributed by atoms with Crippen LogP contribution < -0.4 is 16.0 Å². The number of thioether (sulfide) groups is 1. The van der Waals surface area contributed by atoms with Crippen LogP contribution >= 0.6 is 11.8 Å². The Labute approximate surface area is 165 Å². The highest BCUT2D eigenvalue weighted by atomic mass is 32.2. The Morgan fingerprint density at radius 2 is 1.96 bits per heavy atom. The highest BCUT2D eigenvalue weighted by Gasteiger charge is 2.26. The molecule has 12 heteroatoms. The lowest BCUT2D eigenvalue weighted by molar-refractivity contribution is -0.137. The molecule has 0 aliphatic rings. The standard InChI is InChI=1S/C16H23N5O6S/c1-9(15(26)19-7-14(24)25)28-16(27)12(5-11-6-17-8-20-11)21-13(23)3-4-18-10(2)22/h6,8-9,12H,3-5,7H2,1-2H3,(H,17,20)(H,18,22)(H,19,26)(H,21,23)(H,24,25). The molecule has 1 rings (SSSR count). The van der Waals surface area contributed by atoms with Crippen molar-refractivity contribution in [3.63, 3.8) is 0 Å². The molecule has 1 aromatic rings. The van der Waals surface area contributed by atoms with E-state index in [1.165, 1.54) is 26.4 Å². The molecule has 5 N–H and O–H groups in total. The zero-order chi connectivity index (χ0) is 21.1. The number of amides is 3. The zero-order valence-electron chi connectivity index (χ0n) is 15.5. The van der Waals surface area contributed by atoms with Crippen LogP contribution in [0.1, 0.15) is 26.0 Å². The largest absolute Gasteiger partial charge is 0.480 e. The first kappa shape index (κ1) is 23.1.